The average Bonchev–Trinajstić information content (AvgIpc) is 2.35. The van der Waals surface area contributed by atoms with E-state index in [0.29, 0.717) is 5.25 Å². The van der Waals surface area contributed by atoms with Crippen LogP contribution in [0.1, 0.15) is 26.7 Å². The zero-order valence-corrected chi connectivity index (χ0v) is 8.36. The highest BCUT2D eigenvalue weighted by molar-refractivity contribution is 8.15. The molecule has 1 aliphatic rings. The second-order valence-corrected chi connectivity index (χ2v) is 4.44. The van der Waals surface area contributed by atoms with Gasteiger partial charge in [-0.25, -0.2) is 0 Å². The Hall–Kier alpha value is -0.500. The lowest BCUT2D eigenvalue weighted by Crippen LogP contribution is -1.94. The van der Waals surface area contributed by atoms with Gasteiger partial charge in [0.1, 0.15) is 0 Å². The van der Waals surface area contributed by atoms with Gasteiger partial charge in [0.15, 0.2) is 0 Å². The lowest BCUT2D eigenvalue weighted by atomic mass is 10.2. The van der Waals surface area contributed by atoms with Gasteiger partial charge in [-0.3, -0.25) is 4.79 Å². The van der Waals surface area contributed by atoms with E-state index in [2.05, 4.69) is 19.9 Å². The van der Waals surface area contributed by atoms with E-state index in [1.807, 2.05) is 6.08 Å². The normalized spacial score (nSPS) is 21.5. The van der Waals surface area contributed by atoms with Crippen LogP contribution in [0.25, 0.3) is 0 Å². The molecule has 0 bridgehead atoms. The van der Waals surface area contributed by atoms with Crippen molar-refractivity contribution in [3.63, 3.8) is 0 Å². The zero-order chi connectivity index (χ0) is 8.97. The number of hydrogen-bond donors (Lipinski definition) is 0. The van der Waals surface area contributed by atoms with E-state index in [9.17, 15) is 4.79 Å². The van der Waals surface area contributed by atoms with Crippen LogP contribution in [0.3, 0.4) is 0 Å². The molecule has 0 aliphatic carbocycles. The Bertz CT molecular complexity index is 224. The molecule has 0 spiro atoms. The van der Waals surface area contributed by atoms with Crippen LogP contribution >= 0.6 is 11.8 Å². The molecule has 0 aromatic heterocycles. The number of carbonyl (C=O) groups excluding carboxylic acids is 1. The van der Waals surface area contributed by atoms with Gasteiger partial charge in [-0.05, 0) is 32.8 Å². The Morgan fingerprint density at radius 3 is 2.92 bits per heavy atom. The lowest BCUT2D eigenvalue weighted by Gasteiger charge is -2.02. The fraction of sp³-hybridized carbons (Fsp3) is 0.500. The summed E-state index contributed by atoms with van der Waals surface area (Å²) in [6, 6.07) is 0. The maximum absolute atomic E-state index is 10.8. The molecule has 0 saturated heterocycles. The van der Waals surface area contributed by atoms with E-state index in [0.717, 1.165) is 12.8 Å². The zero-order valence-electron chi connectivity index (χ0n) is 7.54. The van der Waals surface area contributed by atoms with Gasteiger partial charge in [0.25, 0.3) is 0 Å². The third kappa shape index (κ3) is 3.26. The van der Waals surface area contributed by atoms with Gasteiger partial charge in [0.05, 0.1) is 0 Å². The third-order valence-electron chi connectivity index (χ3n) is 1.72. The first-order chi connectivity index (χ1) is 5.68. The molecule has 0 N–H and O–H groups in total. The molecule has 2 heteroatoms. The Kier molecular flexibility index (Phi) is 3.60. The Morgan fingerprint density at radius 1 is 1.67 bits per heavy atom. The second kappa shape index (κ2) is 4.51. The summed E-state index contributed by atoms with van der Waals surface area (Å²) >= 11 is 1.44. The fourth-order valence-corrected chi connectivity index (χ4v) is 1.97. The first-order valence-electron chi connectivity index (χ1n) is 4.20. The van der Waals surface area contributed by atoms with Gasteiger partial charge >= 0.3 is 0 Å². The largest absolute Gasteiger partial charge is 0.282 e. The molecule has 1 aliphatic heterocycles. The SMILES string of the molecule is CC(C)=CCCC1C=CC(=O)S1. The molecular weight excluding hydrogens is 168 g/mol. The van der Waals surface area contributed by atoms with Crippen molar-refractivity contribution in [3.8, 4) is 0 Å². The van der Waals surface area contributed by atoms with Crippen LogP contribution in [0.5, 0.6) is 0 Å². The topological polar surface area (TPSA) is 17.1 Å². The molecule has 66 valence electrons. The van der Waals surface area contributed by atoms with Crippen molar-refractivity contribution in [1.29, 1.82) is 0 Å². The van der Waals surface area contributed by atoms with Crippen LogP contribution < -0.4 is 0 Å². The van der Waals surface area contributed by atoms with Crippen LogP contribution in [0.2, 0.25) is 0 Å². The molecule has 0 aromatic rings. The molecule has 0 aromatic carbocycles. The number of hydrogen-bond acceptors (Lipinski definition) is 2. The Labute approximate surface area is 77.9 Å². The Morgan fingerprint density at radius 2 is 2.42 bits per heavy atom. The third-order valence-corrected chi connectivity index (χ3v) is 2.78. The first kappa shape index (κ1) is 9.59. The summed E-state index contributed by atoms with van der Waals surface area (Å²) in [6.45, 7) is 4.20. The minimum Gasteiger partial charge on any atom is -0.282 e. The number of thioether (sulfide) groups is 1. The quantitative estimate of drug-likeness (QED) is 0.624. The van der Waals surface area contributed by atoms with Gasteiger partial charge in [-0.2, -0.15) is 0 Å². The van der Waals surface area contributed by atoms with Crippen LogP contribution in [0, 0.1) is 0 Å². The summed E-state index contributed by atoms with van der Waals surface area (Å²) in [5.74, 6) is 0. The van der Waals surface area contributed by atoms with E-state index in [1.54, 1.807) is 6.08 Å². The molecule has 0 fully saturated rings. The van der Waals surface area contributed by atoms with Gasteiger partial charge in [0.2, 0.25) is 5.12 Å². The predicted molar refractivity (Wildman–Crippen MR) is 54.2 cm³/mol. The lowest BCUT2D eigenvalue weighted by molar-refractivity contribution is -0.106. The fourth-order valence-electron chi connectivity index (χ4n) is 1.11. The van der Waals surface area contributed by atoms with Crippen molar-refractivity contribution in [3.05, 3.63) is 23.8 Å². The van der Waals surface area contributed by atoms with Crippen molar-refractivity contribution in [2.75, 3.05) is 0 Å². The summed E-state index contributed by atoms with van der Waals surface area (Å²) in [5.41, 5.74) is 1.35. The summed E-state index contributed by atoms with van der Waals surface area (Å²) in [6.07, 6.45) is 8.07. The van der Waals surface area contributed by atoms with Crippen molar-refractivity contribution in [1.82, 2.24) is 0 Å². The molecule has 0 amide bonds. The molecule has 1 atom stereocenters. The van der Waals surface area contributed by atoms with Gasteiger partial charge in [-0.15, -0.1) is 0 Å². The van der Waals surface area contributed by atoms with Crippen LogP contribution in [-0.2, 0) is 4.79 Å². The average molecular weight is 182 g/mol. The molecule has 1 unspecified atom stereocenters. The maximum atomic E-state index is 10.8. The second-order valence-electron chi connectivity index (χ2n) is 3.19. The number of rotatable bonds is 3. The minimum atomic E-state index is 0.206. The highest BCUT2D eigenvalue weighted by atomic mass is 32.2. The van der Waals surface area contributed by atoms with Gasteiger partial charge in [-0.1, -0.05) is 29.5 Å². The van der Waals surface area contributed by atoms with E-state index < -0.39 is 0 Å². The highest BCUT2D eigenvalue weighted by Gasteiger charge is 2.14. The molecule has 0 radical (unpaired) electrons. The number of carbonyl (C=O) groups is 1. The highest BCUT2D eigenvalue weighted by Crippen LogP contribution is 2.25. The van der Waals surface area contributed by atoms with Crippen LogP contribution in [-0.4, -0.2) is 10.4 Å². The smallest absolute Gasteiger partial charge is 0.212 e. The van der Waals surface area contributed by atoms with Crippen molar-refractivity contribution < 1.29 is 4.79 Å². The monoisotopic (exact) mass is 182 g/mol. The first-order valence-corrected chi connectivity index (χ1v) is 5.08. The molecular formula is C10H14OS. The standard InChI is InChI=1S/C10H14OS/c1-8(2)4-3-5-9-6-7-10(11)12-9/h4,6-7,9H,3,5H2,1-2H3. The van der Waals surface area contributed by atoms with Crippen LogP contribution in [0.15, 0.2) is 23.8 Å². The Balaban J connectivity index is 2.21. The van der Waals surface area contributed by atoms with E-state index >= 15 is 0 Å². The summed E-state index contributed by atoms with van der Waals surface area (Å²) in [4.78, 5) is 10.8. The van der Waals surface area contributed by atoms with Crippen LogP contribution in [0.4, 0.5) is 0 Å². The molecule has 1 nitrogen and oxygen atoms in total. The van der Waals surface area contributed by atoms with E-state index in [4.69, 9.17) is 0 Å². The van der Waals surface area contributed by atoms with Crippen molar-refractivity contribution in [2.45, 2.75) is 31.9 Å². The predicted octanol–water partition coefficient (Wildman–Crippen LogP) is 2.93. The van der Waals surface area contributed by atoms with Gasteiger partial charge in [0, 0.05) is 5.25 Å². The minimum absolute atomic E-state index is 0.206. The van der Waals surface area contributed by atoms with Gasteiger partial charge < -0.3 is 0 Å². The summed E-state index contributed by atoms with van der Waals surface area (Å²) in [7, 11) is 0. The van der Waals surface area contributed by atoms with Crippen molar-refractivity contribution >= 4 is 16.9 Å². The summed E-state index contributed by atoms with van der Waals surface area (Å²) in [5, 5.41) is 0.630. The van der Waals surface area contributed by atoms with E-state index in [1.165, 1.54) is 17.3 Å². The van der Waals surface area contributed by atoms with Crippen molar-refractivity contribution in [2.24, 2.45) is 0 Å². The molecule has 1 heterocycles. The summed E-state index contributed by atoms with van der Waals surface area (Å²) < 4.78 is 0. The number of allylic oxidation sites excluding steroid dienone is 2. The molecule has 0 saturated carbocycles. The molecule has 1 rings (SSSR count). The van der Waals surface area contributed by atoms with E-state index in [-0.39, 0.29) is 5.12 Å². The molecule has 12 heavy (non-hydrogen) atoms. The maximum Gasteiger partial charge on any atom is 0.212 e.